The molecule has 0 saturated carbocycles. The van der Waals surface area contributed by atoms with E-state index in [2.05, 4.69) is 19.9 Å². The van der Waals surface area contributed by atoms with Gasteiger partial charge in [0.05, 0.1) is 11.9 Å². The first kappa shape index (κ1) is 10.5. The molecule has 0 bridgehead atoms. The van der Waals surface area contributed by atoms with Gasteiger partial charge in [-0.3, -0.25) is 9.78 Å². The van der Waals surface area contributed by atoms with Gasteiger partial charge >= 0.3 is 0 Å². The first-order chi connectivity index (χ1) is 7.56. The lowest BCUT2D eigenvalue weighted by Crippen LogP contribution is -2.16. The monoisotopic (exact) mass is 220 g/mol. The van der Waals surface area contributed by atoms with Crippen molar-refractivity contribution in [2.45, 2.75) is 6.54 Å². The molecule has 2 rings (SSSR count). The Morgan fingerprint density at radius 3 is 2.88 bits per heavy atom. The van der Waals surface area contributed by atoms with E-state index in [4.69, 9.17) is 5.73 Å². The number of fused-ring (bicyclic) bond motifs is 1. The molecule has 16 heavy (non-hydrogen) atoms. The number of rotatable bonds is 2. The molecule has 7 nitrogen and oxygen atoms in total. The largest absolute Gasteiger partial charge is 0.369 e. The number of H-pyrrole nitrogens is 1. The summed E-state index contributed by atoms with van der Waals surface area (Å²) in [5.74, 6) is 0.0483. The number of hydrogen-bond acceptors (Lipinski definition) is 6. The molecule has 0 aromatic carbocycles. The zero-order chi connectivity index (χ0) is 11.7. The van der Waals surface area contributed by atoms with Crippen LogP contribution in [-0.2, 0) is 6.54 Å². The van der Waals surface area contributed by atoms with Crippen LogP contribution in [-0.4, -0.2) is 38.9 Å². The molecule has 2 aromatic heterocycles. The maximum absolute atomic E-state index is 11.5. The van der Waals surface area contributed by atoms with Crippen molar-refractivity contribution >= 4 is 17.1 Å². The smallest absolute Gasteiger partial charge is 0.280 e. The van der Waals surface area contributed by atoms with E-state index >= 15 is 0 Å². The van der Waals surface area contributed by atoms with E-state index in [1.807, 2.05) is 19.0 Å². The van der Waals surface area contributed by atoms with E-state index in [9.17, 15) is 4.79 Å². The fraction of sp³-hybridized carbons (Fsp3) is 0.333. The number of nitrogen functional groups attached to an aromatic ring is 1. The normalized spacial score (nSPS) is 11.2. The van der Waals surface area contributed by atoms with Crippen molar-refractivity contribution in [1.82, 2.24) is 24.8 Å². The van der Waals surface area contributed by atoms with Crippen LogP contribution in [0.15, 0.2) is 11.0 Å². The van der Waals surface area contributed by atoms with Crippen molar-refractivity contribution in [3.63, 3.8) is 0 Å². The van der Waals surface area contributed by atoms with Crippen LogP contribution in [0.4, 0.5) is 5.95 Å². The van der Waals surface area contributed by atoms with Crippen LogP contribution in [0.2, 0.25) is 0 Å². The van der Waals surface area contributed by atoms with Crippen molar-refractivity contribution in [1.29, 1.82) is 0 Å². The Morgan fingerprint density at radius 2 is 2.19 bits per heavy atom. The van der Waals surface area contributed by atoms with E-state index in [0.717, 1.165) is 5.69 Å². The predicted octanol–water partition coefficient (Wildman–Crippen LogP) is -0.643. The van der Waals surface area contributed by atoms with Crippen LogP contribution in [0.1, 0.15) is 5.69 Å². The highest BCUT2D eigenvalue weighted by molar-refractivity contribution is 5.69. The summed E-state index contributed by atoms with van der Waals surface area (Å²) in [5, 5.41) is 0. The highest BCUT2D eigenvalue weighted by Crippen LogP contribution is 2.04. The maximum atomic E-state index is 11.5. The Labute approximate surface area is 91.3 Å². The van der Waals surface area contributed by atoms with Crippen LogP contribution < -0.4 is 11.3 Å². The van der Waals surface area contributed by atoms with Crippen molar-refractivity contribution in [3.05, 3.63) is 22.2 Å². The third kappa shape index (κ3) is 1.98. The third-order valence-corrected chi connectivity index (χ3v) is 1.96. The fourth-order valence-corrected chi connectivity index (χ4v) is 1.37. The summed E-state index contributed by atoms with van der Waals surface area (Å²) in [5.41, 5.74) is 6.24. The summed E-state index contributed by atoms with van der Waals surface area (Å²) in [7, 11) is 3.83. The van der Waals surface area contributed by atoms with Gasteiger partial charge in [-0.1, -0.05) is 0 Å². The number of aromatic amines is 1. The highest BCUT2D eigenvalue weighted by atomic mass is 16.1. The molecule has 0 fully saturated rings. The van der Waals surface area contributed by atoms with Crippen LogP contribution in [0.25, 0.3) is 11.2 Å². The summed E-state index contributed by atoms with van der Waals surface area (Å²) in [4.78, 5) is 28.0. The van der Waals surface area contributed by atoms with E-state index in [-0.39, 0.29) is 22.7 Å². The minimum atomic E-state index is -0.365. The molecule has 0 aliphatic carbocycles. The summed E-state index contributed by atoms with van der Waals surface area (Å²) < 4.78 is 0. The van der Waals surface area contributed by atoms with Gasteiger partial charge in [0.2, 0.25) is 5.95 Å². The number of nitrogens with two attached hydrogens (primary N) is 1. The molecule has 0 aliphatic heterocycles. The summed E-state index contributed by atoms with van der Waals surface area (Å²) >= 11 is 0. The van der Waals surface area contributed by atoms with Crippen LogP contribution >= 0.6 is 0 Å². The zero-order valence-corrected chi connectivity index (χ0v) is 9.06. The zero-order valence-electron chi connectivity index (χ0n) is 9.06. The van der Waals surface area contributed by atoms with Crippen molar-refractivity contribution in [2.75, 3.05) is 19.8 Å². The Bertz CT molecular complexity index is 576. The number of anilines is 1. The van der Waals surface area contributed by atoms with E-state index in [1.54, 1.807) is 6.20 Å². The number of hydrogen-bond donors (Lipinski definition) is 2. The van der Waals surface area contributed by atoms with Crippen LogP contribution in [0, 0.1) is 0 Å². The molecule has 2 aromatic rings. The predicted molar refractivity (Wildman–Crippen MR) is 59.8 cm³/mol. The maximum Gasteiger partial charge on any atom is 0.280 e. The summed E-state index contributed by atoms with van der Waals surface area (Å²) in [6.07, 6.45) is 1.59. The average Bonchev–Trinajstić information content (AvgIpc) is 2.18. The molecule has 0 amide bonds. The van der Waals surface area contributed by atoms with Gasteiger partial charge in [0.1, 0.15) is 0 Å². The second kappa shape index (κ2) is 3.86. The van der Waals surface area contributed by atoms with Gasteiger partial charge in [0.15, 0.2) is 11.2 Å². The van der Waals surface area contributed by atoms with Crippen LogP contribution in [0.3, 0.4) is 0 Å². The van der Waals surface area contributed by atoms with Gasteiger partial charge in [0, 0.05) is 6.54 Å². The number of nitrogens with one attached hydrogen (secondary N) is 1. The lowest BCUT2D eigenvalue weighted by molar-refractivity contribution is 0.397. The minimum Gasteiger partial charge on any atom is -0.369 e. The second-order valence-corrected chi connectivity index (χ2v) is 3.72. The van der Waals surface area contributed by atoms with Crippen molar-refractivity contribution in [3.8, 4) is 0 Å². The van der Waals surface area contributed by atoms with Gasteiger partial charge in [-0.2, -0.15) is 4.98 Å². The van der Waals surface area contributed by atoms with Crippen molar-refractivity contribution in [2.24, 2.45) is 0 Å². The third-order valence-electron chi connectivity index (χ3n) is 1.96. The number of aromatic nitrogens is 4. The highest BCUT2D eigenvalue weighted by Gasteiger charge is 2.06. The second-order valence-electron chi connectivity index (χ2n) is 3.72. The Hall–Kier alpha value is -2.02. The minimum absolute atomic E-state index is 0.0483. The molecule has 0 radical (unpaired) electrons. The molecule has 0 aliphatic rings. The SMILES string of the molecule is CN(C)Cc1cnc2nc(N)[nH]c(=O)c2n1. The molecule has 84 valence electrons. The van der Waals surface area contributed by atoms with Gasteiger partial charge in [-0.05, 0) is 14.1 Å². The van der Waals surface area contributed by atoms with E-state index in [1.165, 1.54) is 0 Å². The summed E-state index contributed by atoms with van der Waals surface area (Å²) in [6, 6.07) is 0. The molecular formula is C9H12N6O. The quantitative estimate of drug-likeness (QED) is 0.698. The number of nitrogens with zero attached hydrogens (tertiary/aromatic N) is 4. The molecule has 0 unspecified atom stereocenters. The van der Waals surface area contributed by atoms with Gasteiger partial charge < -0.3 is 10.6 Å². The Kier molecular flexibility index (Phi) is 2.53. The molecule has 3 N–H and O–H groups in total. The first-order valence-electron chi connectivity index (χ1n) is 4.72. The van der Waals surface area contributed by atoms with E-state index < -0.39 is 0 Å². The topological polar surface area (TPSA) is 101 Å². The Morgan fingerprint density at radius 1 is 1.44 bits per heavy atom. The first-order valence-corrected chi connectivity index (χ1v) is 4.72. The Balaban J connectivity index is 2.58. The lowest BCUT2D eigenvalue weighted by Gasteiger charge is -2.08. The van der Waals surface area contributed by atoms with Gasteiger partial charge in [-0.15, -0.1) is 0 Å². The van der Waals surface area contributed by atoms with E-state index in [0.29, 0.717) is 6.54 Å². The molecule has 0 atom stereocenters. The average molecular weight is 220 g/mol. The standard InChI is InChI=1S/C9H12N6O/c1-15(2)4-5-3-11-7-6(12-5)8(16)14-9(10)13-7/h3H,4H2,1-2H3,(H3,10,11,13,14,16). The summed E-state index contributed by atoms with van der Waals surface area (Å²) in [6.45, 7) is 0.618. The van der Waals surface area contributed by atoms with Gasteiger partial charge in [0.25, 0.3) is 5.56 Å². The van der Waals surface area contributed by atoms with Crippen LogP contribution in [0.5, 0.6) is 0 Å². The molecule has 0 spiro atoms. The molecule has 0 saturated heterocycles. The fourth-order valence-electron chi connectivity index (χ4n) is 1.37. The van der Waals surface area contributed by atoms with Gasteiger partial charge in [-0.25, -0.2) is 9.97 Å². The molecular weight excluding hydrogens is 208 g/mol. The lowest BCUT2D eigenvalue weighted by atomic mass is 10.4. The van der Waals surface area contributed by atoms with Crippen molar-refractivity contribution < 1.29 is 0 Å². The molecule has 7 heteroatoms. The molecule has 2 heterocycles.